The van der Waals surface area contributed by atoms with Gasteiger partial charge in [0.15, 0.2) is 5.78 Å². The van der Waals surface area contributed by atoms with E-state index in [0.717, 1.165) is 49.9 Å². The Bertz CT molecular complexity index is 2380. The predicted octanol–water partition coefficient (Wildman–Crippen LogP) is 27.0. The molecule has 0 aromatic rings. The Hall–Kier alpha value is -4.75. The molecule has 0 aromatic carbocycles. The number of carbonyl (C=O) groups excluding carboxylic acids is 1. The molecule has 0 aromatic heterocycles. The van der Waals surface area contributed by atoms with Gasteiger partial charge in [-0.05, 0) is 231 Å². The Morgan fingerprint density at radius 3 is 1.42 bits per heavy atom. The summed E-state index contributed by atoms with van der Waals surface area (Å²) in [6.07, 6.45) is 68.5. The highest BCUT2D eigenvalue weighted by atomic mass is 16.1. The SMILES string of the molecule is CC(C)=CCC/C(C)=C/CC/C(C)=C/C(=O)CC(C)C.CC1=C(/C=C/C(C)=C/C=C/C(C)=C/CC(C)C)C(C)(C)CCC1.CC1=C(/C=C/C(C)=C/C=C/CCCC(C)C)C(C)(C)CCC1.C\C=C/C=C/C(C)=C/C=C/C(C)=C/CCC(C)C. The van der Waals surface area contributed by atoms with Crippen LogP contribution < -0.4 is 0 Å². The van der Waals surface area contributed by atoms with Crippen molar-refractivity contribution in [2.75, 3.05) is 0 Å². The molecule has 0 unspecified atom stereocenters. The average molecular weight is 1130 g/mol. The summed E-state index contributed by atoms with van der Waals surface area (Å²) in [7, 11) is 0. The van der Waals surface area contributed by atoms with Crippen molar-refractivity contribution >= 4 is 5.78 Å². The second-order valence-electron chi connectivity index (χ2n) is 27.6. The molecule has 83 heavy (non-hydrogen) atoms. The molecule has 0 bridgehead atoms. The van der Waals surface area contributed by atoms with Crippen LogP contribution in [-0.2, 0) is 4.79 Å². The minimum absolute atomic E-state index is 0.266. The highest BCUT2D eigenvalue weighted by molar-refractivity contribution is 5.90. The first-order valence-corrected chi connectivity index (χ1v) is 32.8. The topological polar surface area (TPSA) is 17.1 Å². The molecule has 2 rings (SSSR count). The van der Waals surface area contributed by atoms with Gasteiger partial charge in [-0.25, -0.2) is 0 Å². The summed E-state index contributed by atoms with van der Waals surface area (Å²) in [5.41, 5.74) is 17.5. The van der Waals surface area contributed by atoms with Gasteiger partial charge < -0.3 is 0 Å². The van der Waals surface area contributed by atoms with Crippen LogP contribution in [0.15, 0.2) is 201 Å². The van der Waals surface area contributed by atoms with Crippen LogP contribution in [0.25, 0.3) is 0 Å². The van der Waals surface area contributed by atoms with Gasteiger partial charge in [0.25, 0.3) is 0 Å². The Labute approximate surface area is 518 Å². The molecule has 0 fully saturated rings. The molecule has 2 aliphatic rings. The van der Waals surface area contributed by atoms with Gasteiger partial charge in [0.2, 0.25) is 0 Å². The fraction of sp³-hybridized carbons (Fsp3) is 0.573. The van der Waals surface area contributed by atoms with Gasteiger partial charge in [-0.1, -0.05) is 273 Å². The summed E-state index contributed by atoms with van der Waals surface area (Å²) < 4.78 is 0. The molecule has 0 radical (unpaired) electrons. The maximum atomic E-state index is 11.7. The second kappa shape index (κ2) is 47.5. The van der Waals surface area contributed by atoms with E-state index in [0.29, 0.717) is 23.2 Å². The number of carbonyl (C=O) groups is 1. The minimum Gasteiger partial charge on any atom is -0.295 e. The Morgan fingerprint density at radius 1 is 0.482 bits per heavy atom. The first-order valence-electron chi connectivity index (χ1n) is 32.8. The standard InChI is InChI=1S/C23H36.C22H36.C19H32O.C18H28/c1-18(2)13-14-19(3)10-8-11-20(4)15-16-22-21(5)12-9-17-23(22,6)7;1-18(2)12-9-7-8-10-13-19(3)15-16-21-20(4)14-11-17-22(21,5)6;1-15(2)9-7-10-17(5)11-8-12-18(6)14-19(20)13-16(3)4;1-6-7-8-12-17(4)14-10-15-18(5)13-9-11-16(2)3/h8,10-11,14-16,18H,9,12-13,17H2,1-7H3;8,10,13,15-16,18H,7,9,11-12,14,17H2,1-6H3;9,11,14,16H,7-8,10,12-13H2,1-6H3;6-8,10,12-16H,9,11H2,1-5H3/b10-8+,16-15+,19-14+,20-11+;10-8+,16-15+,19-13+;17-11+,18-14+;7-6-,12-8+,15-10+,17-14+,18-13+. The van der Waals surface area contributed by atoms with Crippen molar-refractivity contribution in [1.82, 2.24) is 0 Å². The Morgan fingerprint density at radius 2 is 0.952 bits per heavy atom. The molecule has 0 heterocycles. The minimum atomic E-state index is 0.266. The van der Waals surface area contributed by atoms with Gasteiger partial charge in [0, 0.05) is 6.42 Å². The molecule has 1 nitrogen and oxygen atoms in total. The Kier molecular flexibility index (Phi) is 46.0. The van der Waals surface area contributed by atoms with Gasteiger partial charge >= 0.3 is 0 Å². The van der Waals surface area contributed by atoms with E-state index in [1.165, 1.54) is 121 Å². The Balaban J connectivity index is 0. The molecule has 466 valence electrons. The van der Waals surface area contributed by atoms with E-state index < -0.39 is 0 Å². The number of ketones is 1. The van der Waals surface area contributed by atoms with Crippen LogP contribution in [0.1, 0.15) is 275 Å². The second-order valence-corrected chi connectivity index (χ2v) is 27.6. The third-order valence-corrected chi connectivity index (χ3v) is 15.1. The predicted molar refractivity (Wildman–Crippen MR) is 381 cm³/mol. The normalized spacial score (nSPS) is 17.2. The summed E-state index contributed by atoms with van der Waals surface area (Å²) >= 11 is 0. The van der Waals surface area contributed by atoms with E-state index in [9.17, 15) is 4.79 Å². The van der Waals surface area contributed by atoms with Crippen molar-refractivity contribution in [3.8, 4) is 0 Å². The van der Waals surface area contributed by atoms with Crippen molar-refractivity contribution in [3.63, 3.8) is 0 Å². The zero-order chi connectivity index (χ0) is 63.4. The van der Waals surface area contributed by atoms with Gasteiger partial charge in [0.1, 0.15) is 0 Å². The lowest BCUT2D eigenvalue weighted by molar-refractivity contribution is -0.115. The molecule has 2 aliphatic carbocycles. The van der Waals surface area contributed by atoms with E-state index in [1.807, 2.05) is 25.2 Å². The van der Waals surface area contributed by atoms with E-state index in [1.54, 1.807) is 16.7 Å². The van der Waals surface area contributed by atoms with Crippen LogP contribution >= 0.6 is 0 Å². The molecule has 1 heteroatoms. The van der Waals surface area contributed by atoms with Gasteiger partial charge in [0.05, 0.1) is 0 Å². The lowest BCUT2D eigenvalue weighted by Gasteiger charge is -2.33. The quantitative estimate of drug-likeness (QED) is 0.0316. The van der Waals surface area contributed by atoms with Crippen molar-refractivity contribution in [2.45, 2.75) is 275 Å². The first kappa shape index (κ1) is 80.3. The first-order chi connectivity index (χ1) is 38.9. The van der Waals surface area contributed by atoms with E-state index in [4.69, 9.17) is 0 Å². The van der Waals surface area contributed by atoms with Crippen LogP contribution in [0.4, 0.5) is 0 Å². The third-order valence-electron chi connectivity index (χ3n) is 15.1. The zero-order valence-electron chi connectivity index (χ0n) is 58.9. The monoisotopic (exact) mass is 1130 g/mol. The number of hydrogen-bond donors (Lipinski definition) is 0. The average Bonchev–Trinajstić information content (AvgIpc) is 3.52. The van der Waals surface area contributed by atoms with Crippen LogP contribution in [0.3, 0.4) is 0 Å². The lowest BCUT2D eigenvalue weighted by atomic mass is 9.72. The maximum absolute atomic E-state index is 11.7. The molecule has 0 atom stereocenters. The highest BCUT2D eigenvalue weighted by Crippen LogP contribution is 2.42. The number of rotatable bonds is 29. The smallest absolute Gasteiger partial charge is 0.155 e. The van der Waals surface area contributed by atoms with Crippen LogP contribution in [0.2, 0.25) is 0 Å². The fourth-order valence-electron chi connectivity index (χ4n) is 9.85. The summed E-state index contributed by atoms with van der Waals surface area (Å²) in [6, 6.07) is 0. The van der Waals surface area contributed by atoms with Crippen molar-refractivity contribution < 1.29 is 4.79 Å². The fourth-order valence-corrected chi connectivity index (χ4v) is 9.85. The number of unbranched alkanes of at least 4 members (excludes halogenated alkanes) is 1. The molecule has 0 saturated carbocycles. The third kappa shape index (κ3) is 47.2. The largest absolute Gasteiger partial charge is 0.295 e. The summed E-state index contributed by atoms with van der Waals surface area (Å²) in [4.78, 5) is 11.7. The molecular formula is C82H132O. The van der Waals surface area contributed by atoms with Crippen molar-refractivity contribution in [1.29, 1.82) is 0 Å². The van der Waals surface area contributed by atoms with Crippen LogP contribution in [0.5, 0.6) is 0 Å². The van der Waals surface area contributed by atoms with E-state index in [-0.39, 0.29) is 5.78 Å². The van der Waals surface area contributed by atoms with E-state index >= 15 is 0 Å². The summed E-state index contributed by atoms with van der Waals surface area (Å²) in [5.74, 6) is 3.06. The van der Waals surface area contributed by atoms with Crippen molar-refractivity contribution in [3.05, 3.63) is 201 Å². The zero-order valence-corrected chi connectivity index (χ0v) is 58.9. The van der Waals surface area contributed by atoms with E-state index in [2.05, 4.69) is 275 Å². The maximum Gasteiger partial charge on any atom is 0.155 e. The van der Waals surface area contributed by atoms with Gasteiger partial charge in [-0.15, -0.1) is 0 Å². The lowest BCUT2D eigenvalue weighted by Crippen LogP contribution is -2.19. The van der Waals surface area contributed by atoms with Crippen LogP contribution in [0, 0.1) is 34.5 Å². The molecule has 0 saturated heterocycles. The molecule has 0 aliphatic heterocycles. The molecule has 0 spiro atoms. The van der Waals surface area contributed by atoms with Gasteiger partial charge in [-0.2, -0.15) is 0 Å². The van der Waals surface area contributed by atoms with Gasteiger partial charge in [-0.3, -0.25) is 4.79 Å². The van der Waals surface area contributed by atoms with Crippen molar-refractivity contribution in [2.24, 2.45) is 34.5 Å². The number of allylic oxidation sites excluding steroid dienone is 34. The highest BCUT2D eigenvalue weighted by Gasteiger charge is 2.27. The molecular weight excluding hydrogens is 1000 g/mol. The number of hydrogen-bond acceptors (Lipinski definition) is 1. The molecule has 0 amide bonds. The van der Waals surface area contributed by atoms with Crippen LogP contribution in [-0.4, -0.2) is 5.78 Å². The summed E-state index contributed by atoms with van der Waals surface area (Å²) in [5, 5.41) is 0. The summed E-state index contributed by atoms with van der Waals surface area (Å²) in [6.45, 7) is 53.3. The molecule has 0 N–H and O–H groups in total.